The van der Waals surface area contributed by atoms with Crippen molar-refractivity contribution in [2.24, 2.45) is 5.92 Å². The van der Waals surface area contributed by atoms with Crippen LogP contribution in [0.1, 0.15) is 41.5 Å². The van der Waals surface area contributed by atoms with E-state index in [1.54, 1.807) is 7.11 Å². The van der Waals surface area contributed by atoms with Gasteiger partial charge in [-0.25, -0.2) is 0 Å². The van der Waals surface area contributed by atoms with Crippen molar-refractivity contribution in [3.63, 3.8) is 0 Å². The van der Waals surface area contributed by atoms with Gasteiger partial charge < -0.3 is 19.5 Å². The van der Waals surface area contributed by atoms with Crippen LogP contribution in [0.5, 0.6) is 11.5 Å². The molecule has 1 N–H and O–H groups in total. The molecule has 0 amide bonds. The summed E-state index contributed by atoms with van der Waals surface area (Å²) in [4.78, 5) is 6.85. The zero-order valence-electron chi connectivity index (χ0n) is 17.1. The van der Waals surface area contributed by atoms with Crippen LogP contribution in [0.3, 0.4) is 0 Å². The summed E-state index contributed by atoms with van der Waals surface area (Å²) in [6, 6.07) is 6.82. The van der Waals surface area contributed by atoms with Gasteiger partial charge in [-0.1, -0.05) is 6.07 Å². The first-order valence-electron chi connectivity index (χ1n) is 10.8. The van der Waals surface area contributed by atoms with Crippen molar-refractivity contribution in [2.75, 3.05) is 20.7 Å². The molecule has 1 aromatic carbocycles. The normalized spacial score (nSPS) is 34.4. The maximum Gasteiger partial charge on any atom is 0.165 e. The Morgan fingerprint density at radius 3 is 3.07 bits per heavy atom. The second kappa shape index (κ2) is 6.19. The molecule has 3 heterocycles. The van der Waals surface area contributed by atoms with Crippen molar-refractivity contribution in [2.45, 2.75) is 55.8 Å². The molecule has 0 radical (unpaired) electrons. The minimum Gasteiger partial charge on any atom is -0.493 e. The fourth-order valence-corrected chi connectivity index (χ4v) is 6.89. The Hall–Kier alpha value is -2.11. The van der Waals surface area contributed by atoms with Gasteiger partial charge in [-0.2, -0.15) is 0 Å². The lowest BCUT2D eigenvalue weighted by atomic mass is 9.51. The number of piperidine rings is 1. The smallest absolute Gasteiger partial charge is 0.165 e. The maximum absolute atomic E-state index is 10.9. The molecule has 152 valence electrons. The van der Waals surface area contributed by atoms with Gasteiger partial charge in [0, 0.05) is 29.4 Å². The van der Waals surface area contributed by atoms with Gasteiger partial charge in [0.05, 0.1) is 13.2 Å². The zero-order valence-corrected chi connectivity index (χ0v) is 17.1. The van der Waals surface area contributed by atoms with Gasteiger partial charge in [0.15, 0.2) is 11.5 Å². The van der Waals surface area contributed by atoms with Gasteiger partial charge >= 0.3 is 0 Å². The molecule has 1 saturated carbocycles. The standard InChI is InChI=1S/C24H28N2O3/c1-26-9-7-24-17-5-6-19(27)23(24)29-22-20(28-2)11-15(10-14-4-3-8-25-13-14)16(21(22)24)12-18(17)26/h3-4,8,11,13,17-19,23,27H,5-7,9-10,12H2,1-2H3/t17-,18+,19-,23-,24-/m0/s1. The Bertz CT molecular complexity index is 962. The maximum atomic E-state index is 10.9. The molecule has 2 aliphatic carbocycles. The number of ether oxygens (including phenoxy) is 2. The number of hydrogen-bond acceptors (Lipinski definition) is 5. The third kappa shape index (κ3) is 2.26. The summed E-state index contributed by atoms with van der Waals surface area (Å²) in [5.74, 6) is 2.26. The average molecular weight is 392 g/mol. The third-order valence-electron chi connectivity index (χ3n) is 8.11. The van der Waals surface area contributed by atoms with E-state index < -0.39 is 6.10 Å². The van der Waals surface area contributed by atoms with Gasteiger partial charge in [0.2, 0.25) is 0 Å². The first kappa shape index (κ1) is 17.7. The van der Waals surface area contributed by atoms with Crippen molar-refractivity contribution in [1.29, 1.82) is 0 Å². The monoisotopic (exact) mass is 392 g/mol. The summed E-state index contributed by atoms with van der Waals surface area (Å²) in [7, 11) is 3.99. The molecule has 2 aliphatic heterocycles. The van der Waals surface area contributed by atoms with Gasteiger partial charge in [-0.15, -0.1) is 0 Å². The highest BCUT2D eigenvalue weighted by Crippen LogP contribution is 2.64. The van der Waals surface area contributed by atoms with Gasteiger partial charge in [0.1, 0.15) is 6.10 Å². The number of rotatable bonds is 3. The van der Waals surface area contributed by atoms with Gasteiger partial charge in [-0.3, -0.25) is 4.98 Å². The lowest BCUT2D eigenvalue weighted by molar-refractivity contribution is -0.0994. The highest BCUT2D eigenvalue weighted by molar-refractivity contribution is 5.64. The van der Waals surface area contributed by atoms with Crippen LogP contribution in [0.25, 0.3) is 0 Å². The summed E-state index contributed by atoms with van der Waals surface area (Å²) < 4.78 is 12.4. The third-order valence-corrected chi connectivity index (χ3v) is 8.11. The topological polar surface area (TPSA) is 54.8 Å². The highest BCUT2D eigenvalue weighted by atomic mass is 16.5. The number of benzene rings is 1. The van der Waals surface area contributed by atoms with E-state index in [0.29, 0.717) is 12.0 Å². The highest BCUT2D eigenvalue weighted by Gasteiger charge is 2.65. The summed E-state index contributed by atoms with van der Waals surface area (Å²) >= 11 is 0. The number of aliphatic hydroxyl groups excluding tert-OH is 1. The number of aliphatic hydroxyl groups is 1. The summed E-state index contributed by atoms with van der Waals surface area (Å²) in [6.45, 7) is 1.06. The largest absolute Gasteiger partial charge is 0.493 e. The molecule has 2 bridgehead atoms. The van der Waals surface area contributed by atoms with E-state index in [0.717, 1.165) is 50.1 Å². The Labute approximate surface area is 171 Å². The van der Waals surface area contributed by atoms with Crippen molar-refractivity contribution in [1.82, 2.24) is 9.88 Å². The van der Waals surface area contributed by atoms with Crippen LogP contribution >= 0.6 is 0 Å². The molecule has 29 heavy (non-hydrogen) atoms. The molecule has 4 aliphatic rings. The molecule has 2 aromatic rings. The predicted molar refractivity (Wildman–Crippen MR) is 110 cm³/mol. The van der Waals surface area contributed by atoms with Crippen LogP contribution in [0.15, 0.2) is 30.6 Å². The second-order valence-corrected chi connectivity index (χ2v) is 9.29. The lowest BCUT2D eigenvalue weighted by Gasteiger charge is -2.58. The van der Waals surface area contributed by atoms with E-state index in [2.05, 4.69) is 29.1 Å². The Kier molecular flexibility index (Phi) is 3.78. The molecule has 6 rings (SSSR count). The van der Waals surface area contributed by atoms with Gasteiger partial charge in [-0.05, 0) is 80.4 Å². The summed E-state index contributed by atoms with van der Waals surface area (Å²) in [6.07, 6.45) is 8.07. The van der Waals surface area contributed by atoms with E-state index in [1.165, 1.54) is 22.3 Å². The molecule has 5 heteroatoms. The Balaban J connectivity index is 1.58. The SMILES string of the molecule is COc1cc(Cc2cccnc2)c2c3c1O[C@H]1[C@@H](O)CC[C@H]4[C@@H](C2)N(C)CC[C@@]341. The van der Waals surface area contributed by atoms with Gasteiger partial charge in [0.25, 0.3) is 0 Å². The summed E-state index contributed by atoms with van der Waals surface area (Å²) in [5, 5.41) is 10.9. The van der Waals surface area contributed by atoms with Crippen LogP contribution in [0.4, 0.5) is 0 Å². The Morgan fingerprint density at radius 1 is 1.38 bits per heavy atom. The molecular weight excluding hydrogens is 364 g/mol. The van der Waals surface area contributed by atoms with Crippen molar-refractivity contribution in [3.8, 4) is 11.5 Å². The Morgan fingerprint density at radius 2 is 2.28 bits per heavy atom. The van der Waals surface area contributed by atoms with E-state index in [-0.39, 0.29) is 11.5 Å². The quantitative estimate of drug-likeness (QED) is 0.871. The molecule has 0 unspecified atom stereocenters. The van der Waals surface area contributed by atoms with E-state index in [9.17, 15) is 5.11 Å². The number of nitrogens with zero attached hydrogens (tertiary/aromatic N) is 2. The number of aromatic nitrogens is 1. The second-order valence-electron chi connectivity index (χ2n) is 9.29. The van der Waals surface area contributed by atoms with Crippen LogP contribution in [0.2, 0.25) is 0 Å². The summed E-state index contributed by atoms with van der Waals surface area (Å²) in [5.41, 5.74) is 5.23. The van der Waals surface area contributed by atoms with E-state index in [4.69, 9.17) is 9.47 Å². The van der Waals surface area contributed by atoms with Crippen LogP contribution < -0.4 is 9.47 Å². The minimum absolute atomic E-state index is 0.0734. The van der Waals surface area contributed by atoms with Crippen LogP contribution in [0, 0.1) is 5.92 Å². The van der Waals surface area contributed by atoms with Crippen LogP contribution in [-0.4, -0.2) is 53.9 Å². The number of pyridine rings is 1. The first-order chi connectivity index (χ1) is 14.1. The van der Waals surface area contributed by atoms with Crippen LogP contribution in [-0.2, 0) is 18.3 Å². The number of likely N-dealkylation sites (tertiary alicyclic amines) is 1. The minimum atomic E-state index is -0.403. The first-order valence-corrected chi connectivity index (χ1v) is 10.8. The van der Waals surface area contributed by atoms with Crippen molar-refractivity contribution < 1.29 is 14.6 Å². The molecule has 2 fully saturated rings. The average Bonchev–Trinajstić information content (AvgIpc) is 3.09. The molecule has 1 saturated heterocycles. The molecule has 5 atom stereocenters. The molecule has 1 aromatic heterocycles. The fraction of sp³-hybridized carbons (Fsp3) is 0.542. The van der Waals surface area contributed by atoms with E-state index >= 15 is 0 Å². The number of hydrogen-bond donors (Lipinski definition) is 1. The number of methoxy groups -OCH3 is 1. The van der Waals surface area contributed by atoms with Crippen molar-refractivity contribution >= 4 is 0 Å². The molecular formula is C24H28N2O3. The molecule has 5 nitrogen and oxygen atoms in total. The predicted octanol–water partition coefficient (Wildman–Crippen LogP) is 2.71. The fourth-order valence-electron chi connectivity index (χ4n) is 6.89. The molecule has 1 spiro atoms. The zero-order chi connectivity index (χ0) is 19.8. The lowest BCUT2D eigenvalue weighted by Crippen LogP contribution is -2.66. The van der Waals surface area contributed by atoms with Crippen molar-refractivity contribution in [3.05, 3.63) is 52.8 Å². The van der Waals surface area contributed by atoms with E-state index in [1.807, 2.05) is 18.5 Å². The number of likely N-dealkylation sites (N-methyl/N-ethyl adjacent to an activating group) is 1.